The molecule has 1 fully saturated rings. The summed E-state index contributed by atoms with van der Waals surface area (Å²) in [5.74, 6) is 0.376. The van der Waals surface area contributed by atoms with Crippen LogP contribution in [-0.4, -0.2) is 28.8 Å². The zero-order chi connectivity index (χ0) is 13.1. The minimum absolute atomic E-state index is 0.120. The fourth-order valence-corrected chi connectivity index (χ4v) is 2.70. The third kappa shape index (κ3) is 2.75. The maximum atomic E-state index is 12.2. The van der Waals surface area contributed by atoms with E-state index in [1.165, 1.54) is 0 Å². The normalized spacial score (nSPS) is 17.1. The molecule has 0 radical (unpaired) electrons. The Labute approximate surface area is 112 Å². The van der Waals surface area contributed by atoms with Crippen molar-refractivity contribution in [2.75, 3.05) is 13.2 Å². The van der Waals surface area contributed by atoms with Gasteiger partial charge in [0.25, 0.3) is 0 Å². The number of hydrogen-bond acceptors (Lipinski definition) is 3. The van der Waals surface area contributed by atoms with Gasteiger partial charge < -0.3 is 4.74 Å². The molecule has 0 amide bonds. The molecule has 0 saturated carbocycles. The van der Waals surface area contributed by atoms with Crippen LogP contribution < -0.4 is 0 Å². The first-order valence-corrected chi connectivity index (χ1v) is 6.82. The Morgan fingerprint density at radius 2 is 2.17 bits per heavy atom. The fraction of sp³-hybridized carbons (Fsp3) is 0.692. The van der Waals surface area contributed by atoms with Crippen LogP contribution >= 0.6 is 11.6 Å². The molecule has 5 heteroatoms. The minimum Gasteiger partial charge on any atom is -0.381 e. The van der Waals surface area contributed by atoms with Crippen LogP contribution in [0.1, 0.15) is 31.2 Å². The number of hydrogen-bond donors (Lipinski definition) is 0. The van der Waals surface area contributed by atoms with Crippen LogP contribution in [0.2, 0.25) is 5.02 Å². The second-order valence-electron chi connectivity index (χ2n) is 4.71. The van der Waals surface area contributed by atoms with Gasteiger partial charge >= 0.3 is 0 Å². The summed E-state index contributed by atoms with van der Waals surface area (Å²) in [6, 6.07) is 0. The van der Waals surface area contributed by atoms with Crippen molar-refractivity contribution >= 4 is 17.4 Å². The van der Waals surface area contributed by atoms with Gasteiger partial charge in [-0.2, -0.15) is 5.10 Å². The highest BCUT2D eigenvalue weighted by molar-refractivity contribution is 6.32. The number of carbonyl (C=O) groups excluding carboxylic acids is 1. The van der Waals surface area contributed by atoms with E-state index in [-0.39, 0.29) is 11.7 Å². The molecule has 1 aromatic heterocycles. The lowest BCUT2D eigenvalue weighted by atomic mass is 9.92. The smallest absolute Gasteiger partial charge is 0.142 e. The van der Waals surface area contributed by atoms with E-state index in [0.29, 0.717) is 24.7 Å². The number of aryl methyl sites for hydroxylation is 2. The van der Waals surface area contributed by atoms with Crippen molar-refractivity contribution in [3.05, 3.63) is 16.4 Å². The van der Waals surface area contributed by atoms with Crippen molar-refractivity contribution in [3.63, 3.8) is 0 Å². The van der Waals surface area contributed by atoms with Crippen LogP contribution in [-0.2, 0) is 29.4 Å². The lowest BCUT2D eigenvalue weighted by molar-refractivity contribution is -0.125. The van der Waals surface area contributed by atoms with Gasteiger partial charge in [0.05, 0.1) is 22.8 Å². The maximum absolute atomic E-state index is 12.2. The lowest BCUT2D eigenvalue weighted by Gasteiger charge is -2.20. The zero-order valence-electron chi connectivity index (χ0n) is 10.9. The van der Waals surface area contributed by atoms with Crippen molar-refractivity contribution in [2.24, 2.45) is 13.0 Å². The largest absolute Gasteiger partial charge is 0.381 e. The molecule has 1 aliphatic heterocycles. The van der Waals surface area contributed by atoms with E-state index < -0.39 is 0 Å². The van der Waals surface area contributed by atoms with Crippen LogP contribution in [0.4, 0.5) is 0 Å². The molecule has 100 valence electrons. The second-order valence-corrected chi connectivity index (χ2v) is 5.09. The quantitative estimate of drug-likeness (QED) is 0.842. The second kappa shape index (κ2) is 5.85. The van der Waals surface area contributed by atoms with Gasteiger partial charge in [0.15, 0.2) is 0 Å². The van der Waals surface area contributed by atoms with Crippen molar-refractivity contribution in [3.8, 4) is 0 Å². The monoisotopic (exact) mass is 270 g/mol. The molecule has 1 saturated heterocycles. The first kappa shape index (κ1) is 13.6. The molecule has 0 atom stereocenters. The third-order valence-corrected chi connectivity index (χ3v) is 3.96. The van der Waals surface area contributed by atoms with E-state index in [0.717, 1.165) is 30.7 Å². The van der Waals surface area contributed by atoms with Crippen LogP contribution in [0.25, 0.3) is 0 Å². The number of nitrogens with zero attached hydrogens (tertiary/aromatic N) is 2. The van der Waals surface area contributed by atoms with Gasteiger partial charge in [-0.15, -0.1) is 0 Å². The van der Waals surface area contributed by atoms with Crippen molar-refractivity contribution < 1.29 is 9.53 Å². The van der Waals surface area contributed by atoms with Crippen LogP contribution in [0.5, 0.6) is 0 Å². The van der Waals surface area contributed by atoms with Crippen molar-refractivity contribution in [1.82, 2.24) is 9.78 Å². The standard InChI is InChI=1S/C13H19ClN2O2/c1-3-10-13(14)11(16(2)15-10)8-12(17)9-4-6-18-7-5-9/h9H,3-8H2,1-2H3. The van der Waals surface area contributed by atoms with Gasteiger partial charge in [0, 0.05) is 26.2 Å². The molecule has 2 heterocycles. The first-order valence-electron chi connectivity index (χ1n) is 6.44. The molecule has 0 aliphatic carbocycles. The van der Waals surface area contributed by atoms with Gasteiger partial charge in [-0.1, -0.05) is 18.5 Å². The molecule has 4 nitrogen and oxygen atoms in total. The number of aromatic nitrogens is 2. The Bertz CT molecular complexity index is 436. The van der Waals surface area contributed by atoms with Gasteiger partial charge in [0.1, 0.15) is 5.78 Å². The predicted molar refractivity (Wildman–Crippen MR) is 69.9 cm³/mol. The molecule has 0 spiro atoms. The summed E-state index contributed by atoms with van der Waals surface area (Å²) < 4.78 is 7.01. The summed E-state index contributed by atoms with van der Waals surface area (Å²) in [5.41, 5.74) is 1.71. The average Bonchev–Trinajstić information content (AvgIpc) is 2.67. The van der Waals surface area contributed by atoms with E-state index in [1.54, 1.807) is 4.68 Å². The highest BCUT2D eigenvalue weighted by atomic mass is 35.5. The topological polar surface area (TPSA) is 44.1 Å². The highest BCUT2D eigenvalue weighted by Gasteiger charge is 2.24. The van der Waals surface area contributed by atoms with Gasteiger partial charge in [-0.05, 0) is 19.3 Å². The summed E-state index contributed by atoms with van der Waals surface area (Å²) in [4.78, 5) is 12.2. The molecule has 1 aromatic rings. The molecular formula is C13H19ClN2O2. The lowest BCUT2D eigenvalue weighted by Crippen LogP contribution is -2.25. The molecular weight excluding hydrogens is 252 g/mol. The molecule has 0 bridgehead atoms. The average molecular weight is 271 g/mol. The van der Waals surface area contributed by atoms with Crippen LogP contribution in [0.15, 0.2) is 0 Å². The van der Waals surface area contributed by atoms with E-state index in [2.05, 4.69) is 5.10 Å². The Morgan fingerprint density at radius 1 is 1.50 bits per heavy atom. The van der Waals surface area contributed by atoms with Gasteiger partial charge in [-0.3, -0.25) is 9.48 Å². The van der Waals surface area contributed by atoms with E-state index in [9.17, 15) is 4.79 Å². The molecule has 0 unspecified atom stereocenters. The SMILES string of the molecule is CCc1nn(C)c(CC(=O)C2CCOCC2)c1Cl. The Hall–Kier alpha value is -0.870. The van der Waals surface area contributed by atoms with E-state index in [1.807, 2.05) is 14.0 Å². The van der Waals surface area contributed by atoms with Crippen LogP contribution in [0, 0.1) is 5.92 Å². The molecule has 1 aliphatic rings. The minimum atomic E-state index is 0.120. The van der Waals surface area contributed by atoms with Gasteiger partial charge in [0.2, 0.25) is 0 Å². The Morgan fingerprint density at radius 3 is 2.72 bits per heavy atom. The summed E-state index contributed by atoms with van der Waals surface area (Å²) in [5, 5.41) is 4.99. The number of halogens is 1. The molecule has 0 aromatic carbocycles. The summed E-state index contributed by atoms with van der Waals surface area (Å²) in [6.07, 6.45) is 2.83. The summed E-state index contributed by atoms with van der Waals surface area (Å²) in [7, 11) is 1.84. The van der Waals surface area contributed by atoms with Gasteiger partial charge in [-0.25, -0.2) is 0 Å². The maximum Gasteiger partial charge on any atom is 0.142 e. The van der Waals surface area contributed by atoms with Crippen molar-refractivity contribution in [1.29, 1.82) is 0 Å². The fourth-order valence-electron chi connectivity index (χ4n) is 2.34. The Balaban J connectivity index is 2.08. The molecule has 0 N–H and O–H groups in total. The number of Topliss-reactive ketones (excluding diaryl/α,β-unsaturated/α-hetero) is 1. The van der Waals surface area contributed by atoms with Crippen LogP contribution in [0.3, 0.4) is 0 Å². The summed E-state index contributed by atoms with van der Waals surface area (Å²) >= 11 is 6.25. The third-order valence-electron chi connectivity index (χ3n) is 3.52. The number of carbonyl (C=O) groups is 1. The molecule has 2 rings (SSSR count). The van der Waals surface area contributed by atoms with E-state index >= 15 is 0 Å². The molecule has 18 heavy (non-hydrogen) atoms. The first-order chi connectivity index (χ1) is 8.63. The Kier molecular flexibility index (Phi) is 4.40. The van der Waals surface area contributed by atoms with E-state index in [4.69, 9.17) is 16.3 Å². The number of rotatable bonds is 4. The van der Waals surface area contributed by atoms with Crippen molar-refractivity contribution in [2.45, 2.75) is 32.6 Å². The highest BCUT2D eigenvalue weighted by Crippen LogP contribution is 2.24. The number of ketones is 1. The predicted octanol–water partition coefficient (Wildman–Crippen LogP) is 2.17. The summed E-state index contributed by atoms with van der Waals surface area (Å²) in [6.45, 7) is 3.39. The zero-order valence-corrected chi connectivity index (χ0v) is 11.7. The number of ether oxygens (including phenoxy) is 1.